The van der Waals surface area contributed by atoms with Gasteiger partial charge in [-0.3, -0.25) is 9.36 Å². The number of nitrogens with zero attached hydrogens (tertiary/aromatic N) is 2. The summed E-state index contributed by atoms with van der Waals surface area (Å²) in [6.07, 6.45) is 2.29. The molecule has 0 radical (unpaired) electrons. The fourth-order valence-electron chi connectivity index (χ4n) is 3.90. The maximum Gasteiger partial charge on any atom is 0.338 e. The molecule has 2 aromatic carbocycles. The molecule has 188 valence electrons. The van der Waals surface area contributed by atoms with Gasteiger partial charge in [-0.15, -0.1) is 0 Å². The molecule has 1 aromatic heterocycles. The number of hydrogen-bond donors (Lipinski definition) is 0. The Kier molecular flexibility index (Phi) is 8.03. The van der Waals surface area contributed by atoms with Crippen LogP contribution in [0.15, 0.2) is 63.5 Å². The van der Waals surface area contributed by atoms with E-state index in [0.717, 1.165) is 17.7 Å². The average molecular weight is 545 g/mol. The summed E-state index contributed by atoms with van der Waals surface area (Å²) < 4.78 is 13.2. The van der Waals surface area contributed by atoms with Gasteiger partial charge in [0.1, 0.15) is 5.75 Å². The van der Waals surface area contributed by atoms with Gasteiger partial charge in [-0.25, -0.2) is 9.79 Å². The molecule has 0 fully saturated rings. The summed E-state index contributed by atoms with van der Waals surface area (Å²) in [5, 5.41) is 0.943. The minimum absolute atomic E-state index is 0.275. The van der Waals surface area contributed by atoms with Crippen LogP contribution in [0.5, 0.6) is 5.75 Å². The van der Waals surface area contributed by atoms with Crippen LogP contribution in [-0.4, -0.2) is 23.2 Å². The molecule has 0 amide bonds. The second kappa shape index (κ2) is 11.0. The lowest BCUT2D eigenvalue weighted by atomic mass is 9.96. The number of aromatic nitrogens is 1. The van der Waals surface area contributed by atoms with Crippen LogP contribution in [0.4, 0.5) is 0 Å². The lowest BCUT2D eigenvalue weighted by molar-refractivity contribution is -0.143. The fraction of sp³-hybridized carbons (Fsp3) is 0.296. The third kappa shape index (κ3) is 5.43. The fourth-order valence-corrected chi connectivity index (χ4v) is 5.40. The SMILES string of the molecule is CCCOc1ccc(C2C(C(=O)OC(C)C)=C(C)N=c3s/c(=C\c4ccc(Cl)cc4Cl)c(=O)n32)cc1. The summed E-state index contributed by atoms with van der Waals surface area (Å²) in [4.78, 5) is 32.0. The summed E-state index contributed by atoms with van der Waals surface area (Å²) in [5.41, 5.74) is 1.98. The molecule has 4 rings (SSSR count). The molecular formula is C27H26Cl2N2O4S. The highest BCUT2D eigenvalue weighted by Crippen LogP contribution is 2.32. The van der Waals surface area contributed by atoms with Gasteiger partial charge in [-0.2, -0.15) is 0 Å². The zero-order valence-electron chi connectivity index (χ0n) is 20.4. The van der Waals surface area contributed by atoms with Crippen LogP contribution >= 0.6 is 34.5 Å². The van der Waals surface area contributed by atoms with Crippen LogP contribution in [-0.2, 0) is 9.53 Å². The van der Waals surface area contributed by atoms with Crippen LogP contribution in [0.25, 0.3) is 6.08 Å². The van der Waals surface area contributed by atoms with Gasteiger partial charge in [0.2, 0.25) is 0 Å². The molecule has 0 spiro atoms. The van der Waals surface area contributed by atoms with E-state index in [-0.39, 0.29) is 11.7 Å². The molecule has 9 heteroatoms. The van der Waals surface area contributed by atoms with Gasteiger partial charge in [0.25, 0.3) is 5.56 Å². The second-order valence-electron chi connectivity index (χ2n) is 8.62. The Morgan fingerprint density at radius 2 is 1.92 bits per heavy atom. The number of carbonyl (C=O) groups excluding carboxylic acids is 1. The Balaban J connectivity index is 1.89. The summed E-state index contributed by atoms with van der Waals surface area (Å²) in [6, 6.07) is 11.8. The highest BCUT2D eigenvalue weighted by Gasteiger charge is 2.33. The summed E-state index contributed by atoms with van der Waals surface area (Å²) in [5.74, 6) is 0.218. The van der Waals surface area contributed by atoms with Gasteiger partial charge < -0.3 is 9.47 Å². The van der Waals surface area contributed by atoms with Crippen molar-refractivity contribution in [1.82, 2.24) is 4.57 Å². The number of hydrogen-bond acceptors (Lipinski definition) is 6. The number of carbonyl (C=O) groups is 1. The van der Waals surface area contributed by atoms with E-state index in [9.17, 15) is 9.59 Å². The van der Waals surface area contributed by atoms with Gasteiger partial charge in [0.05, 0.1) is 34.6 Å². The van der Waals surface area contributed by atoms with Crippen molar-refractivity contribution in [3.05, 3.63) is 94.6 Å². The zero-order valence-corrected chi connectivity index (χ0v) is 22.7. The molecule has 0 N–H and O–H groups in total. The molecule has 1 unspecified atom stereocenters. The Labute approximate surface area is 223 Å². The Hall–Kier alpha value is -2.87. The van der Waals surface area contributed by atoms with Gasteiger partial charge in [-0.05, 0) is 68.7 Å². The smallest absolute Gasteiger partial charge is 0.338 e. The first-order valence-electron chi connectivity index (χ1n) is 11.6. The minimum Gasteiger partial charge on any atom is -0.494 e. The first kappa shape index (κ1) is 26.2. The first-order valence-corrected chi connectivity index (χ1v) is 13.2. The normalized spacial score (nSPS) is 15.6. The monoisotopic (exact) mass is 544 g/mol. The van der Waals surface area contributed by atoms with E-state index in [0.29, 0.717) is 42.8 Å². The zero-order chi connectivity index (χ0) is 26.0. The molecule has 1 aliphatic heterocycles. The molecule has 36 heavy (non-hydrogen) atoms. The number of fused-ring (bicyclic) bond motifs is 1. The van der Waals surface area contributed by atoms with Crippen LogP contribution in [0.2, 0.25) is 10.0 Å². The van der Waals surface area contributed by atoms with Crippen molar-refractivity contribution in [2.24, 2.45) is 4.99 Å². The van der Waals surface area contributed by atoms with E-state index in [2.05, 4.69) is 4.99 Å². The quantitative estimate of drug-likeness (QED) is 0.379. The average Bonchev–Trinajstić information content (AvgIpc) is 3.13. The molecule has 6 nitrogen and oxygen atoms in total. The Morgan fingerprint density at radius 1 is 1.19 bits per heavy atom. The maximum absolute atomic E-state index is 13.7. The number of rotatable bonds is 7. The van der Waals surface area contributed by atoms with Gasteiger partial charge in [0.15, 0.2) is 4.80 Å². The van der Waals surface area contributed by atoms with E-state index in [1.165, 1.54) is 11.3 Å². The van der Waals surface area contributed by atoms with Crippen molar-refractivity contribution < 1.29 is 14.3 Å². The van der Waals surface area contributed by atoms with Crippen LogP contribution < -0.4 is 19.6 Å². The lowest BCUT2D eigenvalue weighted by Crippen LogP contribution is -2.40. The van der Waals surface area contributed by atoms with Gasteiger partial charge >= 0.3 is 5.97 Å². The number of halogens is 2. The molecule has 0 saturated heterocycles. The number of benzene rings is 2. The number of ether oxygens (including phenoxy) is 2. The van der Waals surface area contributed by atoms with E-state index in [4.69, 9.17) is 32.7 Å². The van der Waals surface area contributed by atoms with Gasteiger partial charge in [-0.1, -0.05) is 59.7 Å². The second-order valence-corrected chi connectivity index (χ2v) is 10.5. The highest BCUT2D eigenvalue weighted by molar-refractivity contribution is 7.07. The van der Waals surface area contributed by atoms with Crippen LogP contribution in [0.1, 0.15) is 51.3 Å². The molecule has 0 bridgehead atoms. The van der Waals surface area contributed by atoms with E-state index in [1.54, 1.807) is 49.6 Å². The third-order valence-electron chi connectivity index (χ3n) is 5.50. The maximum atomic E-state index is 13.7. The third-order valence-corrected chi connectivity index (χ3v) is 7.05. The number of esters is 1. The van der Waals surface area contributed by atoms with Crippen molar-refractivity contribution in [1.29, 1.82) is 0 Å². The standard InChI is InChI=1S/C27H26Cl2N2O4S/c1-5-12-34-20-10-7-17(8-11-20)24-23(26(33)35-15(2)3)16(4)30-27-31(24)25(32)22(36-27)13-18-6-9-19(28)14-21(18)29/h6-11,13-15,24H,5,12H2,1-4H3/b22-13-. The summed E-state index contributed by atoms with van der Waals surface area (Å²) in [6.45, 7) is 7.97. The molecule has 3 aromatic rings. The summed E-state index contributed by atoms with van der Waals surface area (Å²) in [7, 11) is 0. The number of allylic oxidation sites excluding steroid dienone is 1. The Morgan fingerprint density at radius 3 is 2.56 bits per heavy atom. The van der Waals surface area contributed by atoms with E-state index in [1.807, 2.05) is 31.2 Å². The highest BCUT2D eigenvalue weighted by atomic mass is 35.5. The Bertz CT molecular complexity index is 1500. The van der Waals surface area contributed by atoms with Crippen LogP contribution in [0, 0.1) is 0 Å². The van der Waals surface area contributed by atoms with Crippen molar-refractivity contribution in [2.45, 2.75) is 46.3 Å². The van der Waals surface area contributed by atoms with E-state index < -0.39 is 12.0 Å². The van der Waals surface area contributed by atoms with Crippen molar-refractivity contribution in [2.75, 3.05) is 6.61 Å². The van der Waals surface area contributed by atoms with Crippen molar-refractivity contribution >= 4 is 46.6 Å². The molecule has 2 heterocycles. The number of thiazole rings is 1. The topological polar surface area (TPSA) is 69.9 Å². The molecule has 1 aliphatic rings. The van der Waals surface area contributed by atoms with Crippen molar-refractivity contribution in [3.8, 4) is 5.75 Å². The largest absolute Gasteiger partial charge is 0.494 e. The van der Waals surface area contributed by atoms with E-state index >= 15 is 0 Å². The first-order chi connectivity index (χ1) is 17.2. The molecular weight excluding hydrogens is 519 g/mol. The van der Waals surface area contributed by atoms with Crippen LogP contribution in [0.3, 0.4) is 0 Å². The molecule has 0 aliphatic carbocycles. The predicted molar refractivity (Wildman–Crippen MR) is 144 cm³/mol. The summed E-state index contributed by atoms with van der Waals surface area (Å²) >= 11 is 13.6. The predicted octanol–water partition coefficient (Wildman–Crippen LogP) is 5.28. The minimum atomic E-state index is -0.699. The van der Waals surface area contributed by atoms with Crippen molar-refractivity contribution in [3.63, 3.8) is 0 Å². The van der Waals surface area contributed by atoms with Gasteiger partial charge in [0, 0.05) is 10.0 Å². The molecule has 1 atom stereocenters. The molecule has 0 saturated carbocycles. The lowest BCUT2D eigenvalue weighted by Gasteiger charge is -2.25.